The van der Waals surface area contributed by atoms with E-state index in [2.05, 4.69) is 15.1 Å². The second kappa shape index (κ2) is 7.67. The molecule has 136 valence electrons. The van der Waals surface area contributed by atoms with E-state index >= 15 is 0 Å². The number of thioether (sulfide) groups is 1. The number of imidazole rings is 1. The molecular formula is C20H18N4O2S. The second-order valence-corrected chi connectivity index (χ2v) is 6.84. The van der Waals surface area contributed by atoms with Gasteiger partial charge in [-0.15, -0.1) is 0 Å². The van der Waals surface area contributed by atoms with E-state index < -0.39 is 0 Å². The number of aryl methyl sites for hydroxylation is 1. The third kappa shape index (κ3) is 3.73. The molecule has 0 aliphatic heterocycles. The van der Waals surface area contributed by atoms with Crippen LogP contribution in [-0.2, 0) is 5.75 Å². The summed E-state index contributed by atoms with van der Waals surface area (Å²) in [6.07, 6.45) is 3.69. The molecule has 4 aromatic rings. The van der Waals surface area contributed by atoms with Crippen LogP contribution in [0.3, 0.4) is 0 Å². The summed E-state index contributed by atoms with van der Waals surface area (Å²) in [5.41, 5.74) is 3.09. The molecule has 27 heavy (non-hydrogen) atoms. The van der Waals surface area contributed by atoms with Gasteiger partial charge in [-0.25, -0.2) is 4.98 Å². The first-order valence-corrected chi connectivity index (χ1v) is 9.42. The molecule has 0 aliphatic carbocycles. The number of methoxy groups -OCH3 is 1. The Morgan fingerprint density at radius 2 is 2.04 bits per heavy atom. The molecular weight excluding hydrogens is 360 g/mol. The van der Waals surface area contributed by atoms with Crippen LogP contribution in [-0.4, -0.2) is 26.8 Å². The minimum Gasteiger partial charge on any atom is -0.497 e. The summed E-state index contributed by atoms with van der Waals surface area (Å²) in [4.78, 5) is 8.95. The minimum atomic E-state index is 0.542. The summed E-state index contributed by atoms with van der Waals surface area (Å²) in [6.45, 7) is 2.03. The molecule has 4 rings (SSSR count). The number of benzene rings is 2. The molecule has 0 saturated carbocycles. The number of rotatable bonds is 6. The Balaban J connectivity index is 1.51. The Morgan fingerprint density at radius 3 is 2.89 bits per heavy atom. The summed E-state index contributed by atoms with van der Waals surface area (Å²) < 4.78 is 12.7. The standard InChI is InChI=1S/C20H18N4O2S/c1-14-6-3-4-9-17(14)19-22-18(26-23-19)13-27-20-21-10-11-24(20)15-7-5-8-16(12-15)25-2/h3-12H,13H2,1-2H3. The Labute approximate surface area is 161 Å². The molecule has 0 atom stereocenters. The van der Waals surface area contributed by atoms with Crippen LogP contribution in [0, 0.1) is 6.92 Å². The fourth-order valence-corrected chi connectivity index (χ4v) is 3.54. The van der Waals surface area contributed by atoms with Crippen molar-refractivity contribution in [3.05, 3.63) is 72.4 Å². The predicted octanol–water partition coefficient (Wildman–Crippen LogP) is 4.53. The predicted molar refractivity (Wildman–Crippen MR) is 104 cm³/mol. The first-order chi connectivity index (χ1) is 13.2. The van der Waals surface area contributed by atoms with Crippen LogP contribution >= 0.6 is 11.8 Å². The zero-order chi connectivity index (χ0) is 18.6. The maximum absolute atomic E-state index is 5.42. The van der Waals surface area contributed by atoms with E-state index in [1.54, 1.807) is 25.1 Å². The lowest BCUT2D eigenvalue weighted by molar-refractivity contribution is 0.391. The van der Waals surface area contributed by atoms with Crippen molar-refractivity contribution in [3.8, 4) is 22.8 Å². The monoisotopic (exact) mass is 378 g/mol. The maximum atomic E-state index is 5.42. The van der Waals surface area contributed by atoms with E-state index in [-0.39, 0.29) is 0 Å². The summed E-state index contributed by atoms with van der Waals surface area (Å²) in [7, 11) is 1.66. The van der Waals surface area contributed by atoms with Gasteiger partial charge in [-0.1, -0.05) is 47.3 Å². The average Bonchev–Trinajstić information content (AvgIpc) is 3.36. The van der Waals surface area contributed by atoms with Gasteiger partial charge in [-0.3, -0.25) is 4.57 Å². The smallest absolute Gasteiger partial charge is 0.237 e. The molecule has 6 nitrogen and oxygen atoms in total. The molecule has 0 amide bonds. The van der Waals surface area contributed by atoms with Crippen molar-refractivity contribution in [2.75, 3.05) is 7.11 Å². The lowest BCUT2D eigenvalue weighted by Crippen LogP contribution is -1.96. The first kappa shape index (κ1) is 17.4. The van der Waals surface area contributed by atoms with E-state index in [1.165, 1.54) is 0 Å². The lowest BCUT2D eigenvalue weighted by Gasteiger charge is -2.08. The number of hydrogen-bond donors (Lipinski definition) is 0. The van der Waals surface area contributed by atoms with E-state index in [0.717, 1.165) is 27.7 Å². The van der Waals surface area contributed by atoms with Crippen molar-refractivity contribution < 1.29 is 9.26 Å². The molecule has 2 aromatic carbocycles. The van der Waals surface area contributed by atoms with Crippen molar-refractivity contribution in [1.82, 2.24) is 19.7 Å². The number of aromatic nitrogens is 4. The van der Waals surface area contributed by atoms with Crippen LogP contribution < -0.4 is 4.74 Å². The molecule has 2 aromatic heterocycles. The van der Waals surface area contributed by atoms with Crippen molar-refractivity contribution in [2.24, 2.45) is 0 Å². The zero-order valence-electron chi connectivity index (χ0n) is 15.0. The Bertz CT molecular complexity index is 1060. The molecule has 0 N–H and O–H groups in total. The van der Waals surface area contributed by atoms with Gasteiger partial charge >= 0.3 is 0 Å². The van der Waals surface area contributed by atoms with E-state index in [4.69, 9.17) is 9.26 Å². The van der Waals surface area contributed by atoms with E-state index in [1.807, 2.05) is 66.2 Å². The average molecular weight is 378 g/mol. The summed E-state index contributed by atoms with van der Waals surface area (Å²) in [5, 5.41) is 4.95. The largest absolute Gasteiger partial charge is 0.497 e. The number of nitrogens with zero attached hydrogens (tertiary/aromatic N) is 4. The SMILES string of the molecule is COc1cccc(-n2ccnc2SCc2nc(-c3ccccc3C)no2)c1. The fraction of sp³-hybridized carbons (Fsp3) is 0.150. The minimum absolute atomic E-state index is 0.542. The van der Waals surface area contributed by atoms with Crippen molar-refractivity contribution in [3.63, 3.8) is 0 Å². The van der Waals surface area contributed by atoms with Crippen molar-refractivity contribution >= 4 is 11.8 Å². The Kier molecular flexibility index (Phi) is 4.93. The van der Waals surface area contributed by atoms with E-state index in [9.17, 15) is 0 Å². The third-order valence-electron chi connectivity index (χ3n) is 4.12. The molecule has 0 radical (unpaired) electrons. The van der Waals surface area contributed by atoms with Crippen LogP contribution in [0.5, 0.6) is 5.75 Å². The molecule has 7 heteroatoms. The maximum Gasteiger partial charge on any atom is 0.237 e. The highest BCUT2D eigenvalue weighted by Crippen LogP contribution is 2.26. The van der Waals surface area contributed by atoms with Crippen molar-refractivity contribution in [1.29, 1.82) is 0 Å². The number of hydrogen-bond acceptors (Lipinski definition) is 6. The van der Waals surface area contributed by atoms with Gasteiger partial charge in [0.2, 0.25) is 11.7 Å². The zero-order valence-corrected chi connectivity index (χ0v) is 15.8. The molecule has 0 aliphatic rings. The van der Waals surface area contributed by atoms with Gasteiger partial charge < -0.3 is 9.26 Å². The van der Waals surface area contributed by atoms with Crippen LogP contribution in [0.1, 0.15) is 11.5 Å². The Hall–Kier alpha value is -3.06. The highest BCUT2D eigenvalue weighted by Gasteiger charge is 2.13. The molecule has 0 saturated heterocycles. The summed E-state index contributed by atoms with van der Waals surface area (Å²) >= 11 is 1.54. The quantitative estimate of drug-likeness (QED) is 0.459. The molecule has 0 bridgehead atoms. The molecule has 0 fully saturated rings. The van der Waals surface area contributed by atoms with Gasteiger partial charge in [0, 0.05) is 24.0 Å². The topological polar surface area (TPSA) is 66.0 Å². The van der Waals surface area contributed by atoms with Crippen molar-refractivity contribution in [2.45, 2.75) is 17.8 Å². The highest BCUT2D eigenvalue weighted by molar-refractivity contribution is 7.98. The van der Waals surface area contributed by atoms with Crippen LogP contribution in [0.15, 0.2) is 70.6 Å². The van der Waals surface area contributed by atoms with Crippen LogP contribution in [0.4, 0.5) is 0 Å². The normalized spacial score (nSPS) is 10.9. The summed E-state index contributed by atoms with van der Waals surface area (Å²) in [6, 6.07) is 15.8. The van der Waals surface area contributed by atoms with Gasteiger partial charge in [0.25, 0.3) is 0 Å². The lowest BCUT2D eigenvalue weighted by atomic mass is 10.1. The van der Waals surface area contributed by atoms with Gasteiger partial charge in [0.1, 0.15) is 5.75 Å². The Morgan fingerprint density at radius 1 is 1.15 bits per heavy atom. The van der Waals surface area contributed by atoms with Gasteiger partial charge in [-0.2, -0.15) is 4.98 Å². The van der Waals surface area contributed by atoms with Gasteiger partial charge in [0.05, 0.1) is 18.6 Å². The van der Waals surface area contributed by atoms with E-state index in [0.29, 0.717) is 17.5 Å². The second-order valence-electron chi connectivity index (χ2n) is 5.90. The molecule has 2 heterocycles. The number of ether oxygens (including phenoxy) is 1. The highest BCUT2D eigenvalue weighted by atomic mass is 32.2. The molecule has 0 unspecified atom stereocenters. The van der Waals surface area contributed by atoms with Gasteiger partial charge in [-0.05, 0) is 24.6 Å². The summed E-state index contributed by atoms with van der Waals surface area (Å²) in [5.74, 6) is 2.52. The fourth-order valence-electron chi connectivity index (χ4n) is 2.73. The van der Waals surface area contributed by atoms with Crippen LogP contribution in [0.25, 0.3) is 17.1 Å². The third-order valence-corrected chi connectivity index (χ3v) is 5.07. The van der Waals surface area contributed by atoms with Crippen LogP contribution in [0.2, 0.25) is 0 Å². The first-order valence-electron chi connectivity index (χ1n) is 8.44. The molecule has 0 spiro atoms. The van der Waals surface area contributed by atoms with Gasteiger partial charge in [0.15, 0.2) is 5.16 Å².